The summed E-state index contributed by atoms with van der Waals surface area (Å²) in [4.78, 5) is 12.2. The van der Waals surface area contributed by atoms with Gasteiger partial charge in [0.1, 0.15) is 0 Å². The van der Waals surface area contributed by atoms with Gasteiger partial charge in [0.05, 0.1) is 17.6 Å². The van der Waals surface area contributed by atoms with Crippen LogP contribution in [0.2, 0.25) is 0 Å². The average molecular weight is 259 g/mol. The van der Waals surface area contributed by atoms with Crippen LogP contribution < -0.4 is 5.73 Å². The van der Waals surface area contributed by atoms with Crippen LogP contribution >= 0.6 is 0 Å². The SMILES string of the molecule is CCOC(=O)C(CN)(CCC(C)(C)OC)C(C)C. The van der Waals surface area contributed by atoms with Crippen molar-refractivity contribution in [2.75, 3.05) is 20.3 Å². The molecule has 0 spiro atoms. The summed E-state index contributed by atoms with van der Waals surface area (Å²) < 4.78 is 10.6. The van der Waals surface area contributed by atoms with Gasteiger partial charge < -0.3 is 15.2 Å². The van der Waals surface area contributed by atoms with Gasteiger partial charge in [0, 0.05) is 13.7 Å². The van der Waals surface area contributed by atoms with Crippen molar-refractivity contribution in [2.24, 2.45) is 17.1 Å². The van der Waals surface area contributed by atoms with Gasteiger partial charge in [-0.25, -0.2) is 0 Å². The number of carbonyl (C=O) groups is 1. The van der Waals surface area contributed by atoms with Crippen molar-refractivity contribution in [1.29, 1.82) is 0 Å². The van der Waals surface area contributed by atoms with Crippen molar-refractivity contribution in [3.63, 3.8) is 0 Å². The van der Waals surface area contributed by atoms with E-state index in [-0.39, 0.29) is 17.5 Å². The molecule has 2 N–H and O–H groups in total. The quantitative estimate of drug-likeness (QED) is 0.680. The molecule has 0 aliphatic heterocycles. The number of methoxy groups -OCH3 is 1. The molecule has 0 amide bonds. The second kappa shape index (κ2) is 7.10. The van der Waals surface area contributed by atoms with Gasteiger partial charge in [-0.2, -0.15) is 0 Å². The highest BCUT2D eigenvalue weighted by Crippen LogP contribution is 2.36. The zero-order chi connectivity index (χ0) is 14.4. The molecule has 0 saturated carbocycles. The molecule has 4 heteroatoms. The van der Waals surface area contributed by atoms with Gasteiger partial charge in [-0.05, 0) is 39.5 Å². The number of carbonyl (C=O) groups excluding carboxylic acids is 1. The first-order valence-electron chi connectivity index (χ1n) is 6.68. The Labute approximate surface area is 111 Å². The summed E-state index contributed by atoms with van der Waals surface area (Å²) in [5.41, 5.74) is 5.02. The van der Waals surface area contributed by atoms with Crippen LogP contribution in [-0.2, 0) is 14.3 Å². The molecule has 0 saturated heterocycles. The molecule has 0 fully saturated rings. The van der Waals surface area contributed by atoms with Gasteiger partial charge in [0.25, 0.3) is 0 Å². The van der Waals surface area contributed by atoms with Crippen LogP contribution in [0.15, 0.2) is 0 Å². The Bertz CT molecular complexity index is 264. The molecule has 18 heavy (non-hydrogen) atoms. The number of rotatable bonds is 8. The molecule has 0 aliphatic carbocycles. The first-order valence-corrected chi connectivity index (χ1v) is 6.68. The fourth-order valence-corrected chi connectivity index (χ4v) is 1.95. The zero-order valence-corrected chi connectivity index (χ0v) is 12.7. The van der Waals surface area contributed by atoms with Gasteiger partial charge in [0.15, 0.2) is 0 Å². The fraction of sp³-hybridized carbons (Fsp3) is 0.929. The first kappa shape index (κ1) is 17.4. The summed E-state index contributed by atoms with van der Waals surface area (Å²) in [5.74, 6) is -0.0383. The Kier molecular flexibility index (Phi) is 6.86. The van der Waals surface area contributed by atoms with E-state index in [1.165, 1.54) is 0 Å². The molecule has 0 aromatic heterocycles. The third-order valence-electron chi connectivity index (χ3n) is 3.88. The van der Waals surface area contributed by atoms with Crippen molar-refractivity contribution in [1.82, 2.24) is 0 Å². The average Bonchev–Trinajstić information content (AvgIpc) is 2.30. The molecular weight excluding hydrogens is 230 g/mol. The third-order valence-corrected chi connectivity index (χ3v) is 3.88. The van der Waals surface area contributed by atoms with E-state index in [1.54, 1.807) is 7.11 Å². The standard InChI is InChI=1S/C14H29NO3/c1-7-18-12(16)14(10-15,11(2)3)9-8-13(4,5)17-6/h11H,7-10,15H2,1-6H3. The monoisotopic (exact) mass is 259 g/mol. The normalized spacial score (nSPS) is 15.6. The van der Waals surface area contributed by atoms with Crippen LogP contribution in [0.3, 0.4) is 0 Å². The number of nitrogens with two attached hydrogens (primary N) is 1. The van der Waals surface area contributed by atoms with E-state index < -0.39 is 5.41 Å². The maximum Gasteiger partial charge on any atom is 0.313 e. The Balaban J connectivity index is 4.93. The molecule has 0 aromatic carbocycles. The lowest BCUT2D eigenvalue weighted by Crippen LogP contribution is -2.45. The predicted octanol–water partition coefficient (Wildman–Crippen LogP) is 2.36. The maximum absolute atomic E-state index is 12.2. The molecule has 0 heterocycles. The second-order valence-electron chi connectivity index (χ2n) is 5.70. The van der Waals surface area contributed by atoms with Crippen molar-refractivity contribution >= 4 is 5.97 Å². The van der Waals surface area contributed by atoms with E-state index in [2.05, 4.69) is 0 Å². The highest BCUT2D eigenvalue weighted by atomic mass is 16.5. The Hall–Kier alpha value is -0.610. The Morgan fingerprint density at radius 1 is 1.28 bits per heavy atom. The van der Waals surface area contributed by atoms with Crippen LogP contribution in [0.4, 0.5) is 0 Å². The van der Waals surface area contributed by atoms with E-state index in [4.69, 9.17) is 15.2 Å². The maximum atomic E-state index is 12.2. The van der Waals surface area contributed by atoms with Gasteiger partial charge in [-0.3, -0.25) is 4.79 Å². The molecule has 1 unspecified atom stereocenters. The minimum Gasteiger partial charge on any atom is -0.466 e. The Morgan fingerprint density at radius 2 is 1.83 bits per heavy atom. The van der Waals surface area contributed by atoms with Crippen molar-refractivity contribution < 1.29 is 14.3 Å². The lowest BCUT2D eigenvalue weighted by molar-refractivity contribution is -0.159. The zero-order valence-electron chi connectivity index (χ0n) is 12.7. The minimum absolute atomic E-state index is 0.147. The highest BCUT2D eigenvalue weighted by molar-refractivity contribution is 5.77. The van der Waals surface area contributed by atoms with Crippen molar-refractivity contribution in [3.05, 3.63) is 0 Å². The van der Waals surface area contributed by atoms with Gasteiger partial charge in [-0.1, -0.05) is 13.8 Å². The largest absolute Gasteiger partial charge is 0.466 e. The molecule has 108 valence electrons. The van der Waals surface area contributed by atoms with E-state index in [0.29, 0.717) is 19.6 Å². The topological polar surface area (TPSA) is 61.5 Å². The second-order valence-corrected chi connectivity index (χ2v) is 5.70. The Morgan fingerprint density at radius 3 is 2.17 bits per heavy atom. The summed E-state index contributed by atoms with van der Waals surface area (Å²) in [6.45, 7) is 10.6. The van der Waals surface area contributed by atoms with Crippen LogP contribution in [0.25, 0.3) is 0 Å². The lowest BCUT2D eigenvalue weighted by atomic mass is 9.72. The van der Waals surface area contributed by atoms with Crippen molar-refractivity contribution in [2.45, 2.75) is 53.1 Å². The number of esters is 1. The molecule has 0 aliphatic rings. The molecule has 0 radical (unpaired) electrons. The molecule has 0 aromatic rings. The molecule has 0 bridgehead atoms. The van der Waals surface area contributed by atoms with Gasteiger partial charge in [0.2, 0.25) is 0 Å². The van der Waals surface area contributed by atoms with Crippen LogP contribution in [-0.4, -0.2) is 31.8 Å². The number of hydrogen-bond acceptors (Lipinski definition) is 4. The van der Waals surface area contributed by atoms with E-state index in [0.717, 1.165) is 6.42 Å². The lowest BCUT2D eigenvalue weighted by Gasteiger charge is -2.36. The first-order chi connectivity index (χ1) is 8.25. The fourth-order valence-electron chi connectivity index (χ4n) is 1.95. The van der Waals surface area contributed by atoms with Gasteiger partial charge in [-0.15, -0.1) is 0 Å². The number of hydrogen-bond donors (Lipinski definition) is 1. The summed E-state index contributed by atoms with van der Waals surface area (Å²) in [7, 11) is 1.68. The van der Waals surface area contributed by atoms with Crippen molar-refractivity contribution in [3.8, 4) is 0 Å². The van der Waals surface area contributed by atoms with E-state index in [9.17, 15) is 4.79 Å². The van der Waals surface area contributed by atoms with E-state index >= 15 is 0 Å². The molecule has 0 rings (SSSR count). The van der Waals surface area contributed by atoms with Crippen LogP contribution in [0, 0.1) is 11.3 Å². The van der Waals surface area contributed by atoms with E-state index in [1.807, 2.05) is 34.6 Å². The minimum atomic E-state index is -0.605. The molecule has 4 nitrogen and oxygen atoms in total. The van der Waals surface area contributed by atoms with Crippen LogP contribution in [0.5, 0.6) is 0 Å². The summed E-state index contributed by atoms with van der Waals surface area (Å²) in [6.07, 6.45) is 1.46. The predicted molar refractivity (Wildman–Crippen MR) is 73.3 cm³/mol. The smallest absolute Gasteiger partial charge is 0.313 e. The number of ether oxygens (including phenoxy) is 2. The summed E-state index contributed by atoms with van der Waals surface area (Å²) in [5, 5.41) is 0. The third kappa shape index (κ3) is 4.25. The summed E-state index contributed by atoms with van der Waals surface area (Å²) in [6, 6.07) is 0. The summed E-state index contributed by atoms with van der Waals surface area (Å²) >= 11 is 0. The molecule has 1 atom stereocenters. The highest BCUT2D eigenvalue weighted by Gasteiger charge is 2.42. The molecular formula is C14H29NO3. The van der Waals surface area contributed by atoms with Crippen LogP contribution in [0.1, 0.15) is 47.5 Å². The van der Waals surface area contributed by atoms with Gasteiger partial charge >= 0.3 is 5.97 Å².